The normalized spacial score (nSPS) is 17.5. The summed E-state index contributed by atoms with van der Waals surface area (Å²) in [5.41, 5.74) is 0.485. The molecule has 0 unspecified atom stereocenters. The van der Waals surface area contributed by atoms with Gasteiger partial charge < -0.3 is 14.8 Å². The molecule has 2 aromatic rings. The third-order valence-corrected chi connectivity index (χ3v) is 7.21. The number of carbonyl (C=O) groups is 1. The summed E-state index contributed by atoms with van der Waals surface area (Å²) in [4.78, 5) is 12.9. The van der Waals surface area contributed by atoms with Crippen molar-refractivity contribution in [3.8, 4) is 11.5 Å². The molecule has 0 saturated heterocycles. The van der Waals surface area contributed by atoms with Gasteiger partial charge in [0.2, 0.25) is 15.9 Å². The van der Waals surface area contributed by atoms with Crippen LogP contribution in [0.1, 0.15) is 44.7 Å². The molecule has 2 aromatic carbocycles. The molecule has 0 aromatic heterocycles. The van der Waals surface area contributed by atoms with Crippen molar-refractivity contribution < 1.29 is 22.7 Å². The van der Waals surface area contributed by atoms with E-state index in [1.807, 2.05) is 32.0 Å². The van der Waals surface area contributed by atoms with Crippen LogP contribution in [0, 0.1) is 0 Å². The Kier molecular flexibility index (Phi) is 6.91. The van der Waals surface area contributed by atoms with Crippen molar-refractivity contribution >= 4 is 15.9 Å². The van der Waals surface area contributed by atoms with Crippen LogP contribution in [0.2, 0.25) is 0 Å². The smallest absolute Gasteiger partial charge is 0.242 e. The zero-order valence-corrected chi connectivity index (χ0v) is 19.2. The number of hydrogen-bond acceptors (Lipinski definition) is 5. The molecule has 0 radical (unpaired) electrons. The number of fused-ring (bicyclic) bond motifs is 1. The first kappa shape index (κ1) is 23.1. The molecule has 0 bridgehead atoms. The zero-order valence-electron chi connectivity index (χ0n) is 18.4. The molecular formula is C23H30N2O5S. The second-order valence-corrected chi connectivity index (χ2v) is 10.4. The van der Waals surface area contributed by atoms with Crippen LogP contribution in [-0.4, -0.2) is 44.9 Å². The first-order chi connectivity index (χ1) is 14.6. The lowest BCUT2D eigenvalue weighted by Crippen LogP contribution is -2.41. The fourth-order valence-corrected chi connectivity index (χ4v) is 4.94. The van der Waals surface area contributed by atoms with E-state index in [9.17, 15) is 13.2 Å². The van der Waals surface area contributed by atoms with Crippen molar-refractivity contribution in [3.05, 3.63) is 54.1 Å². The second-order valence-electron chi connectivity index (χ2n) is 8.33. The van der Waals surface area contributed by atoms with Gasteiger partial charge in [0.15, 0.2) is 0 Å². The van der Waals surface area contributed by atoms with Crippen LogP contribution >= 0.6 is 0 Å². The number of nitrogens with one attached hydrogen (secondary N) is 1. The fraction of sp³-hybridized carbons (Fsp3) is 0.435. The summed E-state index contributed by atoms with van der Waals surface area (Å²) in [5.74, 6) is 1.29. The van der Waals surface area contributed by atoms with Crippen LogP contribution in [0.3, 0.4) is 0 Å². The van der Waals surface area contributed by atoms with Gasteiger partial charge in [-0.25, -0.2) is 12.7 Å². The molecule has 0 spiro atoms. The minimum Gasteiger partial charge on any atom is -0.497 e. The molecule has 1 amide bonds. The van der Waals surface area contributed by atoms with Crippen molar-refractivity contribution in [2.24, 2.45) is 0 Å². The van der Waals surface area contributed by atoms with Crippen molar-refractivity contribution in [3.63, 3.8) is 0 Å². The SMILES string of the molecule is COc1ccc2c(c1)OC(C)(C)C[C@@H]2NC(=O)CCCN(C)S(=O)(=O)c1ccccc1. The van der Waals surface area contributed by atoms with Crippen LogP contribution in [0.5, 0.6) is 11.5 Å². The van der Waals surface area contributed by atoms with Gasteiger partial charge in [-0.05, 0) is 44.5 Å². The number of methoxy groups -OCH3 is 1. The van der Waals surface area contributed by atoms with E-state index >= 15 is 0 Å². The van der Waals surface area contributed by atoms with Gasteiger partial charge in [0.25, 0.3) is 0 Å². The molecule has 1 aliphatic heterocycles. The summed E-state index contributed by atoms with van der Waals surface area (Å²) in [5, 5.41) is 3.08. The van der Waals surface area contributed by atoms with E-state index < -0.39 is 15.6 Å². The maximum atomic E-state index is 12.6. The maximum absolute atomic E-state index is 12.6. The third-order valence-electron chi connectivity index (χ3n) is 5.34. The molecule has 1 N–H and O–H groups in total. The third kappa shape index (κ3) is 5.57. The Bertz CT molecular complexity index is 1020. The predicted octanol–water partition coefficient (Wildman–Crippen LogP) is 3.51. The van der Waals surface area contributed by atoms with Crippen LogP contribution in [0.15, 0.2) is 53.4 Å². The van der Waals surface area contributed by atoms with Gasteiger partial charge in [0.05, 0.1) is 18.0 Å². The van der Waals surface area contributed by atoms with Gasteiger partial charge in [0, 0.05) is 38.1 Å². The lowest BCUT2D eigenvalue weighted by Gasteiger charge is -2.38. The van der Waals surface area contributed by atoms with E-state index in [1.54, 1.807) is 37.4 Å². The molecule has 0 fully saturated rings. The number of amides is 1. The number of ether oxygens (including phenoxy) is 2. The zero-order chi connectivity index (χ0) is 22.6. The minimum absolute atomic E-state index is 0.116. The highest BCUT2D eigenvalue weighted by Gasteiger charge is 2.34. The monoisotopic (exact) mass is 446 g/mol. The van der Waals surface area contributed by atoms with E-state index in [-0.39, 0.29) is 29.8 Å². The number of benzene rings is 2. The van der Waals surface area contributed by atoms with Crippen LogP contribution in [0.25, 0.3) is 0 Å². The van der Waals surface area contributed by atoms with Gasteiger partial charge in [0.1, 0.15) is 17.1 Å². The van der Waals surface area contributed by atoms with Crippen molar-refractivity contribution in [2.75, 3.05) is 20.7 Å². The molecule has 1 heterocycles. The van der Waals surface area contributed by atoms with Crippen LogP contribution in [-0.2, 0) is 14.8 Å². The van der Waals surface area contributed by atoms with E-state index in [0.29, 0.717) is 24.3 Å². The molecule has 168 valence electrons. The average molecular weight is 447 g/mol. The Morgan fingerprint density at radius 2 is 1.94 bits per heavy atom. The van der Waals surface area contributed by atoms with E-state index in [4.69, 9.17) is 9.47 Å². The molecule has 31 heavy (non-hydrogen) atoms. The van der Waals surface area contributed by atoms with Crippen LogP contribution < -0.4 is 14.8 Å². The summed E-state index contributed by atoms with van der Waals surface area (Å²) >= 11 is 0. The fourth-order valence-electron chi connectivity index (χ4n) is 3.71. The molecule has 8 heteroatoms. The lowest BCUT2D eigenvalue weighted by molar-refractivity contribution is -0.122. The summed E-state index contributed by atoms with van der Waals surface area (Å²) in [6, 6.07) is 13.7. The molecule has 0 saturated carbocycles. The van der Waals surface area contributed by atoms with Crippen molar-refractivity contribution in [2.45, 2.75) is 49.6 Å². The number of carbonyl (C=O) groups excluding carboxylic acids is 1. The lowest BCUT2D eigenvalue weighted by atomic mass is 9.89. The topological polar surface area (TPSA) is 84.9 Å². The Labute approximate surface area is 184 Å². The molecular weight excluding hydrogens is 416 g/mol. The van der Waals surface area contributed by atoms with E-state index in [0.717, 1.165) is 5.56 Å². The Balaban J connectivity index is 1.59. The predicted molar refractivity (Wildman–Crippen MR) is 119 cm³/mol. The maximum Gasteiger partial charge on any atom is 0.242 e. The second kappa shape index (κ2) is 9.28. The largest absolute Gasteiger partial charge is 0.497 e. The van der Waals surface area contributed by atoms with Crippen molar-refractivity contribution in [1.82, 2.24) is 9.62 Å². The van der Waals surface area contributed by atoms with Gasteiger partial charge in [-0.15, -0.1) is 0 Å². The van der Waals surface area contributed by atoms with Crippen LogP contribution in [0.4, 0.5) is 0 Å². The molecule has 0 aliphatic carbocycles. The Morgan fingerprint density at radius 3 is 2.61 bits per heavy atom. The summed E-state index contributed by atoms with van der Waals surface area (Å²) in [7, 11) is -0.419. The molecule has 1 atom stereocenters. The molecule has 7 nitrogen and oxygen atoms in total. The number of rotatable bonds is 8. The summed E-state index contributed by atoms with van der Waals surface area (Å²) in [6.45, 7) is 4.23. The van der Waals surface area contributed by atoms with E-state index in [2.05, 4.69) is 5.32 Å². The Hall–Kier alpha value is -2.58. The molecule has 3 rings (SSSR count). The standard InChI is InChI=1S/C23H30N2O5S/c1-23(2)16-20(19-13-12-17(29-4)15-21(19)30-23)24-22(26)11-8-14-25(3)31(27,28)18-9-6-5-7-10-18/h5-7,9-10,12-13,15,20H,8,11,14,16H2,1-4H3,(H,24,26)/t20-/m0/s1. The first-order valence-corrected chi connectivity index (χ1v) is 11.7. The highest BCUT2D eigenvalue weighted by atomic mass is 32.2. The highest BCUT2D eigenvalue weighted by Crippen LogP contribution is 2.41. The van der Waals surface area contributed by atoms with Gasteiger partial charge >= 0.3 is 0 Å². The quantitative estimate of drug-likeness (QED) is 0.671. The summed E-state index contributed by atoms with van der Waals surface area (Å²) < 4.78 is 37.8. The minimum atomic E-state index is -3.55. The van der Waals surface area contributed by atoms with Gasteiger partial charge in [-0.3, -0.25) is 4.79 Å². The first-order valence-electron chi connectivity index (χ1n) is 10.3. The Morgan fingerprint density at radius 1 is 1.23 bits per heavy atom. The van der Waals surface area contributed by atoms with E-state index in [1.165, 1.54) is 11.4 Å². The average Bonchev–Trinajstić information content (AvgIpc) is 2.72. The summed E-state index contributed by atoms with van der Waals surface area (Å²) in [6.07, 6.45) is 1.30. The van der Waals surface area contributed by atoms with Crippen molar-refractivity contribution in [1.29, 1.82) is 0 Å². The van der Waals surface area contributed by atoms with Gasteiger partial charge in [-0.2, -0.15) is 0 Å². The highest BCUT2D eigenvalue weighted by molar-refractivity contribution is 7.89. The van der Waals surface area contributed by atoms with Gasteiger partial charge in [-0.1, -0.05) is 18.2 Å². The number of sulfonamides is 1. The number of hydrogen-bond donors (Lipinski definition) is 1. The number of nitrogens with zero attached hydrogens (tertiary/aromatic N) is 1. The molecule has 1 aliphatic rings.